The summed E-state index contributed by atoms with van der Waals surface area (Å²) in [6, 6.07) is 1.86. The third-order valence-electron chi connectivity index (χ3n) is 4.18. The lowest BCUT2D eigenvalue weighted by Gasteiger charge is -2.32. The molecule has 1 fully saturated rings. The van der Waals surface area contributed by atoms with Crippen molar-refractivity contribution in [2.24, 2.45) is 5.92 Å². The SMILES string of the molecule is CC(=O)NCC1CCCN(C(=O)c2cnn3ccc(C)nc23)C1. The summed E-state index contributed by atoms with van der Waals surface area (Å²) >= 11 is 0. The lowest BCUT2D eigenvalue weighted by molar-refractivity contribution is -0.119. The topological polar surface area (TPSA) is 79.6 Å². The summed E-state index contributed by atoms with van der Waals surface area (Å²) in [5, 5.41) is 7.04. The standard InChI is InChI=1S/C16H21N5O2/c1-11-5-7-21-15(19-11)14(9-18-21)16(23)20-6-3-4-13(10-20)8-17-12(2)22/h5,7,9,13H,3-4,6,8,10H2,1-2H3,(H,17,22). The molecule has 0 saturated carbocycles. The average molecular weight is 315 g/mol. The summed E-state index contributed by atoms with van der Waals surface area (Å²) in [6.45, 7) is 5.41. The minimum absolute atomic E-state index is 0.0317. The zero-order valence-corrected chi connectivity index (χ0v) is 13.5. The molecule has 7 nitrogen and oxygen atoms in total. The highest BCUT2D eigenvalue weighted by atomic mass is 16.2. The molecule has 3 heterocycles. The monoisotopic (exact) mass is 315 g/mol. The summed E-state index contributed by atoms with van der Waals surface area (Å²) in [7, 11) is 0. The number of carbonyl (C=O) groups is 2. The number of nitrogens with one attached hydrogen (secondary N) is 1. The van der Waals surface area contributed by atoms with Crippen molar-refractivity contribution in [2.75, 3.05) is 19.6 Å². The van der Waals surface area contributed by atoms with Crippen LogP contribution >= 0.6 is 0 Å². The van der Waals surface area contributed by atoms with E-state index in [4.69, 9.17) is 0 Å². The minimum Gasteiger partial charge on any atom is -0.356 e. The molecule has 2 aromatic rings. The van der Waals surface area contributed by atoms with Crippen LogP contribution in [0.1, 0.15) is 35.8 Å². The minimum atomic E-state index is -0.0365. The van der Waals surface area contributed by atoms with Crippen molar-refractivity contribution in [3.05, 3.63) is 29.7 Å². The molecule has 1 atom stereocenters. The van der Waals surface area contributed by atoms with E-state index in [0.29, 0.717) is 30.2 Å². The predicted octanol–water partition coefficient (Wildman–Crippen LogP) is 1.03. The van der Waals surface area contributed by atoms with Gasteiger partial charge < -0.3 is 10.2 Å². The fraction of sp³-hybridized carbons (Fsp3) is 0.500. The van der Waals surface area contributed by atoms with Gasteiger partial charge in [0.1, 0.15) is 5.56 Å². The summed E-state index contributed by atoms with van der Waals surface area (Å²) in [4.78, 5) is 30.1. The van der Waals surface area contributed by atoms with Gasteiger partial charge in [0, 0.05) is 38.4 Å². The maximum absolute atomic E-state index is 12.8. The number of piperidine rings is 1. The summed E-state index contributed by atoms with van der Waals surface area (Å²) in [6.07, 6.45) is 5.36. The van der Waals surface area contributed by atoms with Crippen molar-refractivity contribution in [3.8, 4) is 0 Å². The lowest BCUT2D eigenvalue weighted by atomic mass is 9.97. The first-order valence-electron chi connectivity index (χ1n) is 7.89. The highest BCUT2D eigenvalue weighted by molar-refractivity contribution is 5.99. The van der Waals surface area contributed by atoms with E-state index in [2.05, 4.69) is 15.4 Å². The first-order chi connectivity index (χ1) is 11.0. The number of aryl methyl sites for hydroxylation is 1. The van der Waals surface area contributed by atoms with Crippen LogP contribution in [0.4, 0.5) is 0 Å². The van der Waals surface area contributed by atoms with Gasteiger partial charge in [0.05, 0.1) is 6.20 Å². The molecule has 23 heavy (non-hydrogen) atoms. The van der Waals surface area contributed by atoms with E-state index in [9.17, 15) is 9.59 Å². The Bertz CT molecular complexity index is 739. The Kier molecular flexibility index (Phi) is 4.27. The van der Waals surface area contributed by atoms with Gasteiger partial charge in [-0.3, -0.25) is 9.59 Å². The van der Waals surface area contributed by atoms with Gasteiger partial charge in [0.15, 0.2) is 5.65 Å². The molecule has 2 amide bonds. The Balaban J connectivity index is 1.76. The number of amides is 2. The van der Waals surface area contributed by atoms with Gasteiger partial charge in [-0.2, -0.15) is 5.10 Å². The van der Waals surface area contributed by atoms with Crippen LogP contribution in [-0.2, 0) is 4.79 Å². The predicted molar refractivity (Wildman–Crippen MR) is 85.0 cm³/mol. The third-order valence-corrected chi connectivity index (χ3v) is 4.18. The molecule has 0 bridgehead atoms. The first-order valence-corrected chi connectivity index (χ1v) is 7.89. The highest BCUT2D eigenvalue weighted by Crippen LogP contribution is 2.19. The molecule has 1 saturated heterocycles. The van der Waals surface area contributed by atoms with Crippen LogP contribution in [0, 0.1) is 12.8 Å². The van der Waals surface area contributed by atoms with E-state index in [1.54, 1.807) is 10.7 Å². The summed E-state index contributed by atoms with van der Waals surface area (Å²) in [5.74, 6) is 0.231. The second kappa shape index (κ2) is 6.36. The van der Waals surface area contributed by atoms with E-state index >= 15 is 0 Å². The van der Waals surface area contributed by atoms with E-state index in [0.717, 1.165) is 25.1 Å². The highest BCUT2D eigenvalue weighted by Gasteiger charge is 2.26. The molecule has 1 aliphatic rings. The molecule has 1 aliphatic heterocycles. The van der Waals surface area contributed by atoms with Gasteiger partial charge in [-0.05, 0) is 31.7 Å². The second-order valence-corrected chi connectivity index (χ2v) is 6.09. The smallest absolute Gasteiger partial charge is 0.259 e. The molecule has 0 aromatic carbocycles. The van der Waals surface area contributed by atoms with E-state index in [1.165, 1.54) is 6.92 Å². The van der Waals surface area contributed by atoms with Gasteiger partial charge in [0.25, 0.3) is 5.91 Å². The van der Waals surface area contributed by atoms with Crippen molar-refractivity contribution in [1.29, 1.82) is 0 Å². The lowest BCUT2D eigenvalue weighted by Crippen LogP contribution is -2.43. The number of nitrogens with zero attached hydrogens (tertiary/aromatic N) is 4. The number of rotatable bonds is 3. The van der Waals surface area contributed by atoms with Gasteiger partial charge in [-0.1, -0.05) is 0 Å². The first kappa shape index (κ1) is 15.5. The second-order valence-electron chi connectivity index (χ2n) is 6.09. The van der Waals surface area contributed by atoms with Crippen LogP contribution < -0.4 is 5.32 Å². The third kappa shape index (κ3) is 3.33. The van der Waals surface area contributed by atoms with Gasteiger partial charge in [-0.15, -0.1) is 0 Å². The number of hydrogen-bond acceptors (Lipinski definition) is 4. The average Bonchev–Trinajstić information content (AvgIpc) is 2.95. The molecule has 1 N–H and O–H groups in total. The Morgan fingerprint density at radius 2 is 2.26 bits per heavy atom. The molecule has 0 aliphatic carbocycles. The normalized spacial score (nSPS) is 18.2. The molecule has 7 heteroatoms. The van der Waals surface area contributed by atoms with Crippen LogP contribution in [0.15, 0.2) is 18.5 Å². The summed E-state index contributed by atoms with van der Waals surface area (Å²) < 4.78 is 1.62. The zero-order chi connectivity index (χ0) is 16.4. The number of carbonyl (C=O) groups excluding carboxylic acids is 2. The number of hydrogen-bond donors (Lipinski definition) is 1. The number of aromatic nitrogens is 3. The van der Waals surface area contributed by atoms with E-state index in [-0.39, 0.29) is 11.8 Å². The molecule has 122 valence electrons. The fourth-order valence-electron chi connectivity index (χ4n) is 2.98. The Hall–Kier alpha value is -2.44. The van der Waals surface area contributed by atoms with Gasteiger partial charge in [-0.25, -0.2) is 9.50 Å². The Morgan fingerprint density at radius 3 is 3.04 bits per heavy atom. The fourth-order valence-corrected chi connectivity index (χ4v) is 2.98. The van der Waals surface area contributed by atoms with Crippen molar-refractivity contribution in [3.63, 3.8) is 0 Å². The van der Waals surface area contributed by atoms with E-state index < -0.39 is 0 Å². The Morgan fingerprint density at radius 1 is 1.43 bits per heavy atom. The van der Waals surface area contributed by atoms with Crippen LogP contribution in [0.3, 0.4) is 0 Å². The van der Waals surface area contributed by atoms with Crippen LogP contribution in [0.25, 0.3) is 5.65 Å². The quantitative estimate of drug-likeness (QED) is 0.917. The molecule has 0 spiro atoms. The van der Waals surface area contributed by atoms with Crippen molar-refractivity contribution < 1.29 is 9.59 Å². The number of fused-ring (bicyclic) bond motifs is 1. The van der Waals surface area contributed by atoms with Crippen LogP contribution in [0.5, 0.6) is 0 Å². The molecule has 3 rings (SSSR count). The van der Waals surface area contributed by atoms with Crippen LogP contribution in [0.2, 0.25) is 0 Å². The molecule has 1 unspecified atom stereocenters. The Labute approximate surface area is 134 Å². The van der Waals surface area contributed by atoms with Gasteiger partial charge >= 0.3 is 0 Å². The molecular formula is C16H21N5O2. The summed E-state index contributed by atoms with van der Waals surface area (Å²) in [5.41, 5.74) is 1.99. The van der Waals surface area contributed by atoms with Gasteiger partial charge in [0.2, 0.25) is 5.91 Å². The van der Waals surface area contributed by atoms with Crippen LogP contribution in [-0.4, -0.2) is 50.9 Å². The van der Waals surface area contributed by atoms with Crippen molar-refractivity contribution >= 4 is 17.5 Å². The number of likely N-dealkylation sites (tertiary alicyclic amines) is 1. The maximum Gasteiger partial charge on any atom is 0.259 e. The largest absolute Gasteiger partial charge is 0.356 e. The zero-order valence-electron chi connectivity index (χ0n) is 13.5. The molecule has 0 radical (unpaired) electrons. The molecule has 2 aromatic heterocycles. The van der Waals surface area contributed by atoms with Crippen molar-refractivity contribution in [2.45, 2.75) is 26.7 Å². The van der Waals surface area contributed by atoms with Crippen molar-refractivity contribution in [1.82, 2.24) is 24.8 Å². The van der Waals surface area contributed by atoms with E-state index in [1.807, 2.05) is 24.1 Å². The maximum atomic E-state index is 12.8. The molecular weight excluding hydrogens is 294 g/mol.